The number of fused-ring (bicyclic) bond motifs is 6. The van der Waals surface area contributed by atoms with Gasteiger partial charge in [0.15, 0.2) is 0 Å². The van der Waals surface area contributed by atoms with Crippen molar-refractivity contribution < 1.29 is 0 Å². The molecular weight excluding hydrogens is 1300 g/mol. The lowest BCUT2D eigenvalue weighted by atomic mass is 9.84. The molecule has 2 nitrogen and oxygen atoms in total. The minimum atomic E-state index is 0.933. The van der Waals surface area contributed by atoms with Gasteiger partial charge in [0.05, 0.1) is 11.2 Å². The molecule has 0 amide bonds. The Balaban J connectivity index is 0.609. The number of hydrogen-bond donors (Lipinski definition) is 0. The van der Waals surface area contributed by atoms with Crippen molar-refractivity contribution in [3.05, 3.63) is 413 Å². The van der Waals surface area contributed by atoms with Crippen LogP contribution in [0.25, 0.3) is 210 Å². The zero-order chi connectivity index (χ0) is 71.4. The summed E-state index contributed by atoms with van der Waals surface area (Å²) in [4.78, 5) is 10.1. The summed E-state index contributed by atoms with van der Waals surface area (Å²) in [6, 6.07) is 147. The summed E-state index contributed by atoms with van der Waals surface area (Å²) in [7, 11) is 0. The number of benzene rings is 18. The smallest absolute Gasteiger partial charge is 0.0709 e. The van der Waals surface area contributed by atoms with Crippen molar-refractivity contribution in [1.82, 2.24) is 9.97 Å². The maximum atomic E-state index is 5.39. The lowest BCUT2D eigenvalue weighted by Gasteiger charge is -2.19. The third-order valence-corrected chi connectivity index (χ3v) is 21.9. The second-order valence-corrected chi connectivity index (χ2v) is 28.2. The molecule has 502 valence electrons. The third kappa shape index (κ3) is 11.5. The summed E-state index contributed by atoms with van der Waals surface area (Å²) in [5.41, 5.74) is 31.3. The van der Waals surface area contributed by atoms with E-state index in [4.69, 9.17) is 4.98 Å². The number of aromatic nitrogens is 2. The first kappa shape index (κ1) is 63.5. The molecule has 0 N–H and O–H groups in total. The van der Waals surface area contributed by atoms with E-state index in [-0.39, 0.29) is 0 Å². The number of pyridine rings is 2. The van der Waals surface area contributed by atoms with Crippen molar-refractivity contribution in [2.24, 2.45) is 0 Å². The molecule has 0 aliphatic heterocycles. The lowest BCUT2D eigenvalue weighted by molar-refractivity contribution is 1.36. The van der Waals surface area contributed by atoms with Crippen molar-refractivity contribution in [3.8, 4) is 145 Å². The second kappa shape index (κ2) is 27.1. The zero-order valence-corrected chi connectivity index (χ0v) is 59.2. The Kier molecular flexibility index (Phi) is 16.0. The molecule has 0 spiro atoms. The van der Waals surface area contributed by atoms with Crippen LogP contribution in [-0.2, 0) is 0 Å². The van der Waals surface area contributed by atoms with Crippen LogP contribution in [0.3, 0.4) is 0 Å². The van der Waals surface area contributed by atoms with Crippen molar-refractivity contribution in [3.63, 3.8) is 0 Å². The Labute approximate surface area is 628 Å². The predicted molar refractivity (Wildman–Crippen MR) is 458 cm³/mol. The van der Waals surface area contributed by atoms with Gasteiger partial charge in [-0.15, -0.1) is 0 Å². The predicted octanol–water partition coefficient (Wildman–Crippen LogP) is 29.1. The molecule has 0 saturated heterocycles. The highest BCUT2D eigenvalue weighted by atomic mass is 14.7. The van der Waals surface area contributed by atoms with Crippen LogP contribution in [0.5, 0.6) is 0 Å². The van der Waals surface area contributed by atoms with E-state index in [0.717, 1.165) is 72.1 Å². The average molecular weight is 1370 g/mol. The monoisotopic (exact) mass is 1370 g/mol. The van der Waals surface area contributed by atoms with E-state index in [0.29, 0.717) is 0 Å². The van der Waals surface area contributed by atoms with Gasteiger partial charge in [-0.1, -0.05) is 340 Å². The van der Waals surface area contributed by atoms with Crippen LogP contribution in [0, 0.1) is 0 Å². The quantitative estimate of drug-likeness (QED) is 0.108. The molecule has 18 aromatic carbocycles. The molecule has 2 aromatic heterocycles. The Hall–Kier alpha value is -14.2. The summed E-state index contributed by atoms with van der Waals surface area (Å²) < 4.78 is 0. The standard InChI is InChI=1S/C106H68N2/c1-4-25-69(26-5-1)75-51-55-88(98(65-75)70-27-6-2-7-28-70)77-34-21-38-82(61-77)104-94-47-16-18-49-96(94)106(97-50-19-17-48-95(97)104)85-41-24-37-80(64-85)101-58-54-81-60-74(53-57-102(81)108-101)72-32-20-33-73(59-72)76-52-56-89(99(66-76)71-29-8-3-9-30-71)78-35-22-39-83(62-78)103-90-43-12-14-45-92(90)105(93-46-15-13-44-91(93)103)84-40-23-36-79(63-84)100-68-107-67-86-31-10-11-42-87(86)100/h1-68H. The topological polar surface area (TPSA) is 25.8 Å². The summed E-state index contributed by atoms with van der Waals surface area (Å²) in [5.74, 6) is 0. The number of nitrogens with zero attached hydrogens (tertiary/aromatic N) is 2. The van der Waals surface area contributed by atoms with Crippen LogP contribution in [0.15, 0.2) is 413 Å². The molecule has 20 aromatic rings. The molecule has 0 saturated carbocycles. The molecule has 2 heterocycles. The van der Waals surface area contributed by atoms with Crippen molar-refractivity contribution >= 4 is 64.8 Å². The van der Waals surface area contributed by atoms with Gasteiger partial charge in [-0.3, -0.25) is 4.98 Å². The van der Waals surface area contributed by atoms with Gasteiger partial charge in [0.1, 0.15) is 0 Å². The fourth-order valence-corrected chi connectivity index (χ4v) is 16.8. The Morgan fingerprint density at radius 2 is 0.463 bits per heavy atom. The molecule has 0 aliphatic rings. The molecule has 2 heteroatoms. The summed E-state index contributed by atoms with van der Waals surface area (Å²) >= 11 is 0. The maximum Gasteiger partial charge on any atom is 0.0709 e. The molecule has 0 aliphatic carbocycles. The Bertz CT molecular complexity index is 6790. The van der Waals surface area contributed by atoms with Crippen LogP contribution in [0.2, 0.25) is 0 Å². The summed E-state index contributed by atoms with van der Waals surface area (Å²) in [6.45, 7) is 0. The van der Waals surface area contributed by atoms with Crippen molar-refractivity contribution in [1.29, 1.82) is 0 Å². The maximum absolute atomic E-state index is 5.39. The van der Waals surface area contributed by atoms with E-state index in [1.165, 1.54) is 137 Å². The van der Waals surface area contributed by atoms with E-state index in [2.05, 4.69) is 405 Å². The summed E-state index contributed by atoms with van der Waals surface area (Å²) in [5, 5.41) is 13.1. The first-order chi connectivity index (χ1) is 53.5. The van der Waals surface area contributed by atoms with Gasteiger partial charge in [-0.05, 0) is 237 Å². The van der Waals surface area contributed by atoms with E-state index in [1.807, 2.05) is 12.4 Å². The van der Waals surface area contributed by atoms with Crippen LogP contribution in [0.4, 0.5) is 0 Å². The SMILES string of the molecule is c1ccc(-c2ccc(-c3cccc(-c4c5ccccc5c(-c5cccc(-c6ccc7cc(-c8cccc(-c9ccc(-c%10cccc(-c%11c%12ccccc%12c(-c%12cccc(-c%13cncc%14ccccc%13%14)c%12)c%12ccccc%11%12)c%10)c(-c%10ccccc%10)c9)c8)ccc7n6)c5)c5ccccc45)c3)c(-c3ccccc3)c2)cc1. The van der Waals surface area contributed by atoms with Crippen LogP contribution in [0.1, 0.15) is 0 Å². The van der Waals surface area contributed by atoms with Gasteiger partial charge >= 0.3 is 0 Å². The van der Waals surface area contributed by atoms with Gasteiger partial charge in [0.25, 0.3) is 0 Å². The second-order valence-electron chi connectivity index (χ2n) is 28.2. The molecule has 0 bridgehead atoms. The highest BCUT2D eigenvalue weighted by molar-refractivity contribution is 6.23. The molecule has 0 radical (unpaired) electrons. The largest absolute Gasteiger partial charge is 0.263 e. The third-order valence-electron chi connectivity index (χ3n) is 21.9. The first-order valence-electron chi connectivity index (χ1n) is 37.1. The van der Waals surface area contributed by atoms with Crippen molar-refractivity contribution in [2.45, 2.75) is 0 Å². The summed E-state index contributed by atoms with van der Waals surface area (Å²) in [6.07, 6.45) is 3.95. The Morgan fingerprint density at radius 1 is 0.148 bits per heavy atom. The highest BCUT2D eigenvalue weighted by Crippen LogP contribution is 2.49. The Morgan fingerprint density at radius 3 is 0.917 bits per heavy atom. The minimum Gasteiger partial charge on any atom is -0.263 e. The van der Waals surface area contributed by atoms with Crippen LogP contribution in [-0.4, -0.2) is 9.97 Å². The average Bonchev–Trinajstić information content (AvgIpc) is 0.735. The molecule has 0 atom stereocenters. The van der Waals surface area contributed by atoms with E-state index < -0.39 is 0 Å². The number of hydrogen-bond acceptors (Lipinski definition) is 2. The zero-order valence-electron chi connectivity index (χ0n) is 59.2. The normalized spacial score (nSPS) is 11.5. The van der Waals surface area contributed by atoms with E-state index in [1.54, 1.807) is 0 Å². The van der Waals surface area contributed by atoms with Gasteiger partial charge in [-0.2, -0.15) is 0 Å². The van der Waals surface area contributed by atoms with Crippen LogP contribution >= 0.6 is 0 Å². The van der Waals surface area contributed by atoms with Crippen LogP contribution < -0.4 is 0 Å². The lowest BCUT2D eigenvalue weighted by Crippen LogP contribution is -1.92. The molecule has 0 fully saturated rings. The van der Waals surface area contributed by atoms with E-state index >= 15 is 0 Å². The van der Waals surface area contributed by atoms with Gasteiger partial charge in [0, 0.05) is 34.3 Å². The molecule has 0 unspecified atom stereocenters. The van der Waals surface area contributed by atoms with Crippen molar-refractivity contribution in [2.75, 3.05) is 0 Å². The number of rotatable bonds is 13. The molecular formula is C106H68N2. The van der Waals surface area contributed by atoms with Gasteiger partial charge < -0.3 is 0 Å². The molecule has 20 rings (SSSR count). The minimum absolute atomic E-state index is 0.933. The van der Waals surface area contributed by atoms with E-state index in [9.17, 15) is 0 Å². The van der Waals surface area contributed by atoms with Gasteiger partial charge in [0.2, 0.25) is 0 Å². The fraction of sp³-hybridized carbons (Fsp3) is 0. The first-order valence-corrected chi connectivity index (χ1v) is 37.1. The fourth-order valence-electron chi connectivity index (χ4n) is 16.8. The van der Waals surface area contributed by atoms with Gasteiger partial charge in [-0.25, -0.2) is 4.98 Å². The molecule has 108 heavy (non-hydrogen) atoms. The highest BCUT2D eigenvalue weighted by Gasteiger charge is 2.22.